The SMILES string of the molecule is COC(=O)CC(C)c1ccc(F)cc1Cl. The highest BCUT2D eigenvalue weighted by molar-refractivity contribution is 6.31. The second-order valence-electron chi connectivity index (χ2n) is 3.35. The van der Waals surface area contributed by atoms with Crippen LogP contribution in [0.15, 0.2) is 18.2 Å². The highest BCUT2D eigenvalue weighted by Crippen LogP contribution is 2.27. The first-order valence-electron chi connectivity index (χ1n) is 4.56. The Balaban J connectivity index is 2.82. The Morgan fingerprint density at radius 1 is 1.60 bits per heavy atom. The van der Waals surface area contributed by atoms with Crippen molar-refractivity contribution in [3.05, 3.63) is 34.6 Å². The van der Waals surface area contributed by atoms with Gasteiger partial charge in [-0.15, -0.1) is 0 Å². The van der Waals surface area contributed by atoms with Crippen molar-refractivity contribution in [3.63, 3.8) is 0 Å². The van der Waals surface area contributed by atoms with Gasteiger partial charge in [0.15, 0.2) is 0 Å². The molecular formula is C11H12ClFO2. The highest BCUT2D eigenvalue weighted by atomic mass is 35.5. The Labute approximate surface area is 93.0 Å². The van der Waals surface area contributed by atoms with Gasteiger partial charge in [-0.3, -0.25) is 4.79 Å². The van der Waals surface area contributed by atoms with Crippen molar-refractivity contribution in [2.24, 2.45) is 0 Å². The fourth-order valence-electron chi connectivity index (χ4n) is 1.34. The third-order valence-corrected chi connectivity index (χ3v) is 2.52. The summed E-state index contributed by atoms with van der Waals surface area (Å²) in [7, 11) is 1.33. The van der Waals surface area contributed by atoms with Gasteiger partial charge < -0.3 is 4.74 Å². The summed E-state index contributed by atoms with van der Waals surface area (Å²) in [6.07, 6.45) is 0.238. The first-order chi connectivity index (χ1) is 7.04. The highest BCUT2D eigenvalue weighted by Gasteiger charge is 2.14. The lowest BCUT2D eigenvalue weighted by Crippen LogP contribution is -2.06. The van der Waals surface area contributed by atoms with Crippen molar-refractivity contribution >= 4 is 17.6 Å². The summed E-state index contributed by atoms with van der Waals surface area (Å²) < 4.78 is 17.3. The number of methoxy groups -OCH3 is 1. The zero-order valence-electron chi connectivity index (χ0n) is 8.59. The standard InChI is InChI=1S/C11H12ClFO2/c1-7(5-11(14)15-2)9-4-3-8(13)6-10(9)12/h3-4,6-7H,5H2,1-2H3. The quantitative estimate of drug-likeness (QED) is 0.746. The van der Waals surface area contributed by atoms with E-state index in [4.69, 9.17) is 11.6 Å². The summed E-state index contributed by atoms with van der Waals surface area (Å²) in [5.74, 6) is -0.762. The van der Waals surface area contributed by atoms with Crippen LogP contribution < -0.4 is 0 Å². The van der Waals surface area contributed by atoms with Gasteiger partial charge in [0.1, 0.15) is 5.82 Å². The molecule has 82 valence electrons. The van der Waals surface area contributed by atoms with E-state index in [1.54, 1.807) is 6.07 Å². The number of ether oxygens (including phenoxy) is 1. The summed E-state index contributed by atoms with van der Waals surface area (Å²) in [5, 5.41) is 0.339. The Bertz CT molecular complexity index is 366. The van der Waals surface area contributed by atoms with Gasteiger partial charge in [0.05, 0.1) is 13.5 Å². The maximum absolute atomic E-state index is 12.8. The maximum atomic E-state index is 12.8. The molecule has 4 heteroatoms. The summed E-state index contributed by atoms with van der Waals surface area (Å²) in [6.45, 7) is 1.84. The molecule has 1 aromatic rings. The van der Waals surface area contributed by atoms with Crippen LogP contribution in [0.3, 0.4) is 0 Å². The molecule has 0 heterocycles. The minimum absolute atomic E-state index is 0.0782. The number of rotatable bonds is 3. The van der Waals surface area contributed by atoms with Crippen LogP contribution in [-0.4, -0.2) is 13.1 Å². The van der Waals surface area contributed by atoms with Crippen LogP contribution in [0.1, 0.15) is 24.8 Å². The third-order valence-electron chi connectivity index (χ3n) is 2.19. The Morgan fingerprint density at radius 2 is 2.27 bits per heavy atom. The monoisotopic (exact) mass is 230 g/mol. The van der Waals surface area contributed by atoms with Gasteiger partial charge in [-0.25, -0.2) is 4.39 Å². The molecule has 0 aliphatic rings. The number of carbonyl (C=O) groups excluding carboxylic acids is 1. The van der Waals surface area contributed by atoms with Crippen molar-refractivity contribution in [1.29, 1.82) is 0 Å². The van der Waals surface area contributed by atoms with Crippen molar-refractivity contribution in [2.45, 2.75) is 19.3 Å². The Morgan fingerprint density at radius 3 is 2.80 bits per heavy atom. The van der Waals surface area contributed by atoms with Gasteiger partial charge in [0.2, 0.25) is 0 Å². The smallest absolute Gasteiger partial charge is 0.306 e. The number of hydrogen-bond donors (Lipinski definition) is 0. The first kappa shape index (κ1) is 12.0. The van der Waals surface area contributed by atoms with Crippen LogP contribution in [0.5, 0.6) is 0 Å². The summed E-state index contributed by atoms with van der Waals surface area (Å²) in [4.78, 5) is 11.0. The van der Waals surface area contributed by atoms with E-state index in [-0.39, 0.29) is 24.1 Å². The van der Waals surface area contributed by atoms with Gasteiger partial charge in [-0.2, -0.15) is 0 Å². The third kappa shape index (κ3) is 3.20. The summed E-state index contributed by atoms with van der Waals surface area (Å²) in [6, 6.07) is 4.16. The molecule has 15 heavy (non-hydrogen) atoms. The molecule has 0 spiro atoms. The van der Waals surface area contributed by atoms with E-state index in [1.165, 1.54) is 19.2 Å². The lowest BCUT2D eigenvalue weighted by molar-refractivity contribution is -0.140. The zero-order valence-corrected chi connectivity index (χ0v) is 9.34. The van der Waals surface area contributed by atoms with Gasteiger partial charge >= 0.3 is 5.97 Å². The predicted octanol–water partition coefficient (Wildman–Crippen LogP) is 3.15. The van der Waals surface area contributed by atoms with E-state index in [0.29, 0.717) is 5.02 Å². The fourth-order valence-corrected chi connectivity index (χ4v) is 1.70. The van der Waals surface area contributed by atoms with Crippen molar-refractivity contribution in [1.82, 2.24) is 0 Å². The molecule has 0 bridgehead atoms. The van der Waals surface area contributed by atoms with Crippen LogP contribution in [0.25, 0.3) is 0 Å². The lowest BCUT2D eigenvalue weighted by Gasteiger charge is -2.12. The number of esters is 1. The fraction of sp³-hybridized carbons (Fsp3) is 0.364. The molecule has 0 N–H and O–H groups in total. The second kappa shape index (κ2) is 5.12. The maximum Gasteiger partial charge on any atom is 0.306 e. The number of hydrogen-bond acceptors (Lipinski definition) is 2. The molecule has 1 rings (SSSR count). The van der Waals surface area contributed by atoms with E-state index >= 15 is 0 Å². The molecule has 2 nitrogen and oxygen atoms in total. The van der Waals surface area contributed by atoms with Crippen LogP contribution in [0.2, 0.25) is 5.02 Å². The van der Waals surface area contributed by atoms with E-state index in [0.717, 1.165) is 5.56 Å². The van der Waals surface area contributed by atoms with Crippen molar-refractivity contribution in [2.75, 3.05) is 7.11 Å². The summed E-state index contributed by atoms with van der Waals surface area (Å²) >= 11 is 5.86. The molecule has 1 unspecified atom stereocenters. The molecule has 0 aliphatic carbocycles. The number of halogens is 2. The average Bonchev–Trinajstić information content (AvgIpc) is 2.17. The Hall–Kier alpha value is -1.09. The topological polar surface area (TPSA) is 26.3 Å². The molecule has 0 aromatic heterocycles. The van der Waals surface area contributed by atoms with Crippen LogP contribution in [0, 0.1) is 5.82 Å². The number of benzene rings is 1. The van der Waals surface area contributed by atoms with Gasteiger partial charge in [0, 0.05) is 5.02 Å². The zero-order chi connectivity index (χ0) is 11.4. The van der Waals surface area contributed by atoms with Gasteiger partial charge in [-0.05, 0) is 23.6 Å². The molecule has 0 saturated carbocycles. The van der Waals surface area contributed by atoms with Crippen LogP contribution >= 0.6 is 11.6 Å². The van der Waals surface area contributed by atoms with Crippen LogP contribution in [0.4, 0.5) is 4.39 Å². The normalized spacial score (nSPS) is 12.3. The molecule has 1 atom stereocenters. The van der Waals surface area contributed by atoms with E-state index in [1.807, 2.05) is 6.92 Å². The van der Waals surface area contributed by atoms with Crippen LogP contribution in [-0.2, 0) is 9.53 Å². The molecule has 0 fully saturated rings. The summed E-state index contributed by atoms with van der Waals surface area (Å²) in [5.41, 5.74) is 0.753. The van der Waals surface area contributed by atoms with Gasteiger partial charge in [0.25, 0.3) is 0 Å². The molecule has 0 saturated heterocycles. The molecular weight excluding hydrogens is 219 g/mol. The Kier molecular flexibility index (Phi) is 4.09. The first-order valence-corrected chi connectivity index (χ1v) is 4.94. The minimum Gasteiger partial charge on any atom is -0.469 e. The van der Waals surface area contributed by atoms with E-state index in [2.05, 4.69) is 4.74 Å². The lowest BCUT2D eigenvalue weighted by atomic mass is 9.98. The second-order valence-corrected chi connectivity index (χ2v) is 3.75. The molecule has 0 aliphatic heterocycles. The molecule has 0 amide bonds. The number of carbonyl (C=O) groups is 1. The molecule has 0 radical (unpaired) electrons. The predicted molar refractivity (Wildman–Crippen MR) is 56.5 cm³/mol. The van der Waals surface area contributed by atoms with Crippen molar-refractivity contribution < 1.29 is 13.9 Å². The van der Waals surface area contributed by atoms with Crippen molar-refractivity contribution in [3.8, 4) is 0 Å². The van der Waals surface area contributed by atoms with E-state index < -0.39 is 0 Å². The van der Waals surface area contributed by atoms with Gasteiger partial charge in [-0.1, -0.05) is 24.6 Å². The molecule has 1 aromatic carbocycles. The minimum atomic E-state index is -0.381. The average molecular weight is 231 g/mol. The largest absolute Gasteiger partial charge is 0.469 e. The van der Waals surface area contributed by atoms with E-state index in [9.17, 15) is 9.18 Å².